The van der Waals surface area contributed by atoms with Gasteiger partial charge in [0, 0.05) is 30.4 Å². The molecule has 4 rings (SSSR count). The van der Waals surface area contributed by atoms with Crippen molar-refractivity contribution in [2.45, 2.75) is 32.0 Å². The molecule has 0 radical (unpaired) electrons. The summed E-state index contributed by atoms with van der Waals surface area (Å²) in [6.45, 7) is 0.225. The number of nitrogens with zero attached hydrogens (tertiary/aromatic N) is 2. The lowest BCUT2D eigenvalue weighted by molar-refractivity contribution is -0.140. The molecule has 4 aromatic rings. The molecular weight excluding hydrogens is 538 g/mol. The first kappa shape index (κ1) is 28.3. The number of aromatic nitrogens is 4. The van der Waals surface area contributed by atoms with Crippen LogP contribution in [0.15, 0.2) is 63.0 Å². The largest absolute Gasteiger partial charge is 0.481 e. The number of carbonyl (C=O) groups excluding carboxylic acids is 1. The van der Waals surface area contributed by atoms with Gasteiger partial charge in [-0.25, -0.2) is 14.6 Å². The average Bonchev–Trinajstić information content (AvgIpc) is 2.92. The van der Waals surface area contributed by atoms with Crippen molar-refractivity contribution in [2.24, 2.45) is 0 Å². The minimum atomic E-state index is -1.39. The van der Waals surface area contributed by atoms with Gasteiger partial charge < -0.3 is 31.1 Å². The van der Waals surface area contributed by atoms with Gasteiger partial charge in [0.2, 0.25) is 5.95 Å². The van der Waals surface area contributed by atoms with Gasteiger partial charge in [-0.1, -0.05) is 6.07 Å². The maximum atomic E-state index is 12.7. The molecule has 8 N–H and O–H groups in total. The molecule has 2 aromatic carbocycles. The number of nitrogen functional groups attached to an aromatic ring is 1. The Morgan fingerprint density at radius 1 is 0.976 bits per heavy atom. The van der Waals surface area contributed by atoms with Gasteiger partial charge in [-0.15, -0.1) is 0 Å². The summed E-state index contributed by atoms with van der Waals surface area (Å²) in [6, 6.07) is 9.68. The number of nitrogens with two attached hydrogens (primary N) is 1. The molecule has 1 amide bonds. The summed E-state index contributed by atoms with van der Waals surface area (Å²) < 4.78 is 0. The third kappa shape index (κ3) is 7.03. The zero-order valence-electron chi connectivity index (χ0n) is 21.3. The van der Waals surface area contributed by atoms with Gasteiger partial charge in [0.1, 0.15) is 6.04 Å². The van der Waals surface area contributed by atoms with E-state index in [4.69, 9.17) is 10.8 Å². The Morgan fingerprint density at radius 2 is 1.71 bits per heavy atom. The number of hydrogen-bond donors (Lipinski definition) is 7. The maximum absolute atomic E-state index is 12.7. The van der Waals surface area contributed by atoms with Crippen LogP contribution in [0.2, 0.25) is 0 Å². The number of aliphatic carboxylic acids is 2. The quantitative estimate of drug-likeness (QED) is 0.129. The molecule has 0 aliphatic heterocycles. The molecule has 15 heteroatoms. The number of H-pyrrole nitrogens is 3. The number of hydrogen-bond acceptors (Lipinski definition) is 9. The highest BCUT2D eigenvalue weighted by atomic mass is 16.4. The van der Waals surface area contributed by atoms with Crippen LogP contribution in [0.25, 0.3) is 10.9 Å². The van der Waals surface area contributed by atoms with Crippen molar-refractivity contribution in [3.05, 3.63) is 96.5 Å². The summed E-state index contributed by atoms with van der Waals surface area (Å²) in [5, 5.41) is 20.8. The van der Waals surface area contributed by atoms with E-state index in [2.05, 4.69) is 25.3 Å². The number of nitrogens with one attached hydrogen (secondary N) is 4. The van der Waals surface area contributed by atoms with Crippen molar-refractivity contribution in [1.29, 1.82) is 0 Å². The number of carboxylic acids is 2. The van der Waals surface area contributed by atoms with E-state index in [9.17, 15) is 33.9 Å². The summed E-state index contributed by atoms with van der Waals surface area (Å²) in [4.78, 5) is 84.1. The van der Waals surface area contributed by atoms with E-state index in [0.717, 1.165) is 0 Å². The van der Waals surface area contributed by atoms with E-state index in [1.807, 2.05) is 0 Å². The monoisotopic (exact) mass is 563 g/mol. The molecule has 212 valence electrons. The average molecular weight is 564 g/mol. The summed E-state index contributed by atoms with van der Waals surface area (Å²) in [5.74, 6) is -3.28. The molecule has 0 saturated carbocycles. The van der Waals surface area contributed by atoms with Gasteiger partial charge in [-0.2, -0.15) is 0 Å². The van der Waals surface area contributed by atoms with Crippen LogP contribution >= 0.6 is 0 Å². The molecule has 1 atom stereocenters. The molecule has 0 aliphatic rings. The Balaban J connectivity index is 1.62. The molecule has 2 heterocycles. The standard InChI is InChI=1S/C26H25N7O8/c27-25-30-18-6-1-13(9-17(18)23(38)31-25)11-33(12-15-10-28-26(41)32-22(15)37)16-4-2-14(3-5-16)21(36)29-19(24(39)40)7-8-20(34)35/h1-6,9-10,19H,7-8,11-12H2,(H,29,36)(H,34,35)(H,39,40)(H3,27,30,31,38)(H2,28,32,37,41). The van der Waals surface area contributed by atoms with Crippen LogP contribution in [0.4, 0.5) is 11.6 Å². The van der Waals surface area contributed by atoms with Crippen molar-refractivity contribution in [1.82, 2.24) is 25.3 Å². The predicted molar refractivity (Wildman–Crippen MR) is 147 cm³/mol. The molecule has 0 spiro atoms. The van der Waals surface area contributed by atoms with E-state index >= 15 is 0 Å². The number of fused-ring (bicyclic) bond motifs is 1. The van der Waals surface area contributed by atoms with Crippen molar-refractivity contribution < 1.29 is 24.6 Å². The molecule has 0 aliphatic carbocycles. The van der Waals surface area contributed by atoms with Crippen LogP contribution in [0.1, 0.15) is 34.3 Å². The van der Waals surface area contributed by atoms with Crippen LogP contribution in [-0.2, 0) is 22.7 Å². The first-order chi connectivity index (χ1) is 19.5. The smallest absolute Gasteiger partial charge is 0.326 e. The van der Waals surface area contributed by atoms with Crippen LogP contribution in [0.5, 0.6) is 0 Å². The molecular formula is C26H25N7O8. The molecule has 0 saturated heterocycles. The normalized spacial score (nSPS) is 11.6. The zero-order chi connectivity index (χ0) is 29.7. The third-order valence-corrected chi connectivity index (χ3v) is 6.16. The number of carbonyl (C=O) groups is 3. The third-order valence-electron chi connectivity index (χ3n) is 6.16. The van der Waals surface area contributed by atoms with Gasteiger partial charge in [-0.3, -0.25) is 29.1 Å². The molecule has 0 bridgehead atoms. The van der Waals surface area contributed by atoms with Crippen molar-refractivity contribution in [3.8, 4) is 0 Å². The lowest BCUT2D eigenvalue weighted by atomic mass is 10.1. The van der Waals surface area contributed by atoms with Crippen molar-refractivity contribution >= 4 is 40.4 Å². The molecule has 2 aromatic heterocycles. The fraction of sp³-hybridized carbons (Fsp3) is 0.192. The minimum Gasteiger partial charge on any atom is -0.481 e. The molecule has 41 heavy (non-hydrogen) atoms. The van der Waals surface area contributed by atoms with Crippen LogP contribution in [-0.4, -0.2) is 54.0 Å². The second kappa shape index (κ2) is 12.0. The first-order valence-electron chi connectivity index (χ1n) is 12.2. The Morgan fingerprint density at radius 3 is 2.37 bits per heavy atom. The van der Waals surface area contributed by atoms with Gasteiger partial charge in [0.15, 0.2) is 0 Å². The lowest BCUT2D eigenvalue weighted by Gasteiger charge is -2.25. The highest BCUT2D eigenvalue weighted by Crippen LogP contribution is 2.22. The topological polar surface area (TPSA) is 244 Å². The Bertz CT molecular complexity index is 1790. The number of carboxylic acid groups (broad SMARTS) is 2. The second-order valence-electron chi connectivity index (χ2n) is 9.10. The second-order valence-corrected chi connectivity index (χ2v) is 9.10. The fourth-order valence-electron chi connectivity index (χ4n) is 4.11. The lowest BCUT2D eigenvalue weighted by Crippen LogP contribution is -2.41. The van der Waals surface area contributed by atoms with E-state index in [1.54, 1.807) is 35.2 Å². The van der Waals surface area contributed by atoms with Gasteiger partial charge in [0.25, 0.3) is 17.0 Å². The number of anilines is 2. The number of amides is 1. The van der Waals surface area contributed by atoms with Gasteiger partial charge in [0.05, 0.1) is 23.0 Å². The van der Waals surface area contributed by atoms with Crippen LogP contribution < -0.4 is 32.8 Å². The number of aromatic amines is 3. The number of rotatable bonds is 11. The summed E-state index contributed by atoms with van der Waals surface area (Å²) in [5.41, 5.74) is 5.94. The van der Waals surface area contributed by atoms with Gasteiger partial charge >= 0.3 is 17.6 Å². The van der Waals surface area contributed by atoms with E-state index < -0.39 is 47.1 Å². The summed E-state index contributed by atoms with van der Waals surface area (Å²) in [6.07, 6.45) is 0.572. The fourth-order valence-corrected chi connectivity index (χ4v) is 4.11. The van der Waals surface area contributed by atoms with Crippen LogP contribution in [0, 0.1) is 0 Å². The summed E-state index contributed by atoms with van der Waals surface area (Å²) in [7, 11) is 0. The Labute approximate surface area is 229 Å². The molecule has 15 nitrogen and oxygen atoms in total. The van der Waals surface area contributed by atoms with E-state index in [1.165, 1.54) is 18.3 Å². The summed E-state index contributed by atoms with van der Waals surface area (Å²) >= 11 is 0. The Hall–Kier alpha value is -5.73. The van der Waals surface area contributed by atoms with Crippen molar-refractivity contribution in [2.75, 3.05) is 10.6 Å². The number of benzene rings is 2. The Kier molecular flexibility index (Phi) is 8.26. The highest BCUT2D eigenvalue weighted by Gasteiger charge is 2.22. The minimum absolute atomic E-state index is 0.0186. The zero-order valence-corrected chi connectivity index (χ0v) is 21.3. The first-order valence-corrected chi connectivity index (χ1v) is 12.2. The van der Waals surface area contributed by atoms with E-state index in [-0.39, 0.29) is 36.6 Å². The predicted octanol–water partition coefficient (Wildman–Crippen LogP) is 0.137. The van der Waals surface area contributed by atoms with Crippen LogP contribution in [0.3, 0.4) is 0 Å². The molecule has 0 fully saturated rings. The maximum Gasteiger partial charge on any atom is 0.326 e. The SMILES string of the molecule is Nc1nc2ccc(CN(Cc3c[nH]c(=O)[nH]c3=O)c3ccc(C(=O)NC(CCC(=O)O)C(=O)O)cc3)cc2c(=O)[nH]1. The van der Waals surface area contributed by atoms with E-state index in [0.29, 0.717) is 22.2 Å². The highest BCUT2D eigenvalue weighted by molar-refractivity contribution is 5.97. The molecule has 1 unspecified atom stereocenters. The van der Waals surface area contributed by atoms with Crippen molar-refractivity contribution in [3.63, 3.8) is 0 Å². The van der Waals surface area contributed by atoms with Gasteiger partial charge in [-0.05, 0) is 48.4 Å².